The maximum atomic E-state index is 13.8. The van der Waals surface area contributed by atoms with Gasteiger partial charge in [0.05, 0.1) is 23.6 Å². The fourth-order valence-electron chi connectivity index (χ4n) is 5.33. The van der Waals surface area contributed by atoms with Crippen molar-refractivity contribution in [3.63, 3.8) is 0 Å². The Bertz CT molecular complexity index is 1330. The van der Waals surface area contributed by atoms with Crippen LogP contribution in [-0.4, -0.2) is 29.0 Å². The summed E-state index contributed by atoms with van der Waals surface area (Å²) in [4.78, 5) is 55.8. The van der Waals surface area contributed by atoms with E-state index in [2.05, 4.69) is 0 Å². The van der Waals surface area contributed by atoms with Gasteiger partial charge in [-0.2, -0.15) is 0 Å². The van der Waals surface area contributed by atoms with Gasteiger partial charge >= 0.3 is 0 Å². The van der Waals surface area contributed by atoms with E-state index in [9.17, 15) is 19.2 Å². The molecule has 2 amide bonds. The second kappa shape index (κ2) is 6.94. The van der Waals surface area contributed by atoms with Gasteiger partial charge < -0.3 is 4.74 Å². The average molecular weight is 458 g/mol. The van der Waals surface area contributed by atoms with Crippen LogP contribution in [0.15, 0.2) is 78.9 Å². The average Bonchev–Trinajstić information content (AvgIpc) is 3.40. The Kier molecular flexibility index (Phi) is 4.21. The molecule has 3 aromatic carbocycles. The van der Waals surface area contributed by atoms with Crippen LogP contribution in [0.3, 0.4) is 0 Å². The minimum atomic E-state index is -2.07. The predicted octanol–water partition coefficient (Wildman–Crippen LogP) is 4.04. The van der Waals surface area contributed by atoms with Crippen molar-refractivity contribution < 1.29 is 23.9 Å². The summed E-state index contributed by atoms with van der Waals surface area (Å²) in [7, 11) is 0. The Labute approximate surface area is 193 Å². The number of ketones is 2. The van der Waals surface area contributed by atoms with E-state index < -0.39 is 46.9 Å². The molecule has 0 radical (unpaired) electrons. The van der Waals surface area contributed by atoms with Crippen molar-refractivity contribution in [3.8, 4) is 0 Å². The normalized spacial score (nSPS) is 25.1. The Morgan fingerprint density at radius 3 is 2.03 bits per heavy atom. The Hall–Kier alpha value is -3.61. The zero-order valence-corrected chi connectivity index (χ0v) is 17.9. The molecule has 0 bridgehead atoms. The van der Waals surface area contributed by atoms with Gasteiger partial charge in [0.1, 0.15) is 0 Å². The molecular weight excluding hydrogens is 442 g/mol. The van der Waals surface area contributed by atoms with Gasteiger partial charge in [0.15, 0.2) is 0 Å². The summed E-state index contributed by atoms with van der Waals surface area (Å²) >= 11 is 6.11. The third-order valence-electron chi connectivity index (χ3n) is 6.71. The van der Waals surface area contributed by atoms with Crippen molar-refractivity contribution in [2.45, 2.75) is 11.7 Å². The summed E-state index contributed by atoms with van der Waals surface area (Å²) in [5.41, 5.74) is -0.748. The Balaban J connectivity index is 1.56. The van der Waals surface area contributed by atoms with Gasteiger partial charge in [0, 0.05) is 16.1 Å². The highest BCUT2D eigenvalue weighted by Crippen LogP contribution is 2.57. The zero-order valence-electron chi connectivity index (χ0n) is 17.1. The topological polar surface area (TPSA) is 80.8 Å². The van der Waals surface area contributed by atoms with E-state index in [-0.39, 0.29) is 11.1 Å². The predicted molar refractivity (Wildman–Crippen MR) is 119 cm³/mol. The summed E-state index contributed by atoms with van der Waals surface area (Å²) in [6.07, 6.45) is -0.931. The minimum absolute atomic E-state index is 0.205. The molecule has 3 atom stereocenters. The van der Waals surface area contributed by atoms with Crippen molar-refractivity contribution in [1.29, 1.82) is 0 Å². The highest BCUT2D eigenvalue weighted by Gasteiger charge is 2.74. The van der Waals surface area contributed by atoms with E-state index in [1.54, 1.807) is 66.7 Å². The number of fused-ring (bicyclic) bond motifs is 3. The third-order valence-corrected chi connectivity index (χ3v) is 6.95. The van der Waals surface area contributed by atoms with E-state index in [0.717, 1.165) is 4.90 Å². The van der Waals surface area contributed by atoms with Crippen LogP contribution in [-0.2, 0) is 14.3 Å². The van der Waals surface area contributed by atoms with Gasteiger partial charge in [-0.25, -0.2) is 4.90 Å². The number of rotatable bonds is 2. The molecule has 0 saturated carbocycles. The van der Waals surface area contributed by atoms with Crippen LogP contribution >= 0.6 is 11.6 Å². The molecule has 2 aliphatic heterocycles. The summed E-state index contributed by atoms with van der Waals surface area (Å²) in [6, 6.07) is 21.7. The molecule has 2 fully saturated rings. The van der Waals surface area contributed by atoms with Crippen LogP contribution in [0.1, 0.15) is 32.4 Å². The Morgan fingerprint density at radius 1 is 0.758 bits per heavy atom. The van der Waals surface area contributed by atoms with Crippen LogP contribution in [0.2, 0.25) is 5.02 Å². The molecule has 0 N–H and O–H groups in total. The smallest absolute Gasteiger partial charge is 0.241 e. The molecule has 0 unspecified atom stereocenters. The molecule has 0 aromatic heterocycles. The van der Waals surface area contributed by atoms with Crippen LogP contribution < -0.4 is 4.90 Å². The molecular formula is C26H16ClNO5. The molecule has 162 valence electrons. The zero-order chi connectivity index (χ0) is 22.9. The monoisotopic (exact) mass is 457 g/mol. The lowest BCUT2D eigenvalue weighted by molar-refractivity contribution is -0.127. The van der Waals surface area contributed by atoms with Crippen LogP contribution in [0.25, 0.3) is 0 Å². The van der Waals surface area contributed by atoms with Crippen LogP contribution in [0.4, 0.5) is 5.69 Å². The summed E-state index contributed by atoms with van der Waals surface area (Å²) in [6.45, 7) is 0. The molecule has 6 nitrogen and oxygen atoms in total. The van der Waals surface area contributed by atoms with E-state index in [1.165, 1.54) is 6.07 Å². The fraction of sp³-hybridized carbons (Fsp3) is 0.154. The van der Waals surface area contributed by atoms with Crippen molar-refractivity contribution in [1.82, 2.24) is 0 Å². The lowest BCUT2D eigenvalue weighted by Gasteiger charge is -2.27. The third kappa shape index (κ3) is 2.53. The van der Waals surface area contributed by atoms with Gasteiger partial charge in [0.25, 0.3) is 0 Å². The number of carbonyl (C=O) groups excluding carboxylic acids is 4. The van der Waals surface area contributed by atoms with E-state index in [4.69, 9.17) is 16.3 Å². The maximum Gasteiger partial charge on any atom is 0.241 e. The number of carbonyl (C=O) groups is 4. The first-order valence-electron chi connectivity index (χ1n) is 10.5. The number of halogens is 1. The number of benzene rings is 3. The highest BCUT2D eigenvalue weighted by molar-refractivity contribution is 6.37. The highest BCUT2D eigenvalue weighted by atomic mass is 35.5. The summed E-state index contributed by atoms with van der Waals surface area (Å²) < 4.78 is 6.23. The lowest BCUT2D eigenvalue weighted by atomic mass is 9.77. The van der Waals surface area contributed by atoms with Crippen molar-refractivity contribution in [2.24, 2.45) is 11.8 Å². The first kappa shape index (κ1) is 20.0. The van der Waals surface area contributed by atoms with Gasteiger partial charge in [-0.1, -0.05) is 72.3 Å². The van der Waals surface area contributed by atoms with Gasteiger partial charge in [-0.15, -0.1) is 0 Å². The number of imide groups is 1. The SMILES string of the molecule is O=C1[C@H]2[C@H](c3ccccc3)OC3(C(=O)c4ccccc4C3=O)[C@H]2C(=O)N1c1cccc(Cl)c1. The molecule has 3 aromatic rings. The Morgan fingerprint density at radius 2 is 1.39 bits per heavy atom. The molecule has 1 aliphatic carbocycles. The minimum Gasteiger partial charge on any atom is -0.349 e. The van der Waals surface area contributed by atoms with Crippen molar-refractivity contribution >= 4 is 40.7 Å². The molecule has 6 rings (SSSR count). The van der Waals surface area contributed by atoms with E-state index in [0.29, 0.717) is 16.3 Å². The van der Waals surface area contributed by atoms with Gasteiger partial charge in [-0.05, 0) is 23.8 Å². The van der Waals surface area contributed by atoms with Crippen LogP contribution in [0, 0.1) is 11.8 Å². The molecule has 2 saturated heterocycles. The first-order valence-corrected chi connectivity index (χ1v) is 10.9. The van der Waals surface area contributed by atoms with E-state index >= 15 is 0 Å². The number of Topliss-reactive ketones (excluding diaryl/α,β-unsaturated/α-hetero) is 2. The molecule has 3 aliphatic rings. The largest absolute Gasteiger partial charge is 0.349 e. The second-order valence-electron chi connectivity index (χ2n) is 8.38. The molecule has 2 heterocycles. The summed E-state index contributed by atoms with van der Waals surface area (Å²) in [5.74, 6) is -4.62. The second-order valence-corrected chi connectivity index (χ2v) is 8.82. The van der Waals surface area contributed by atoms with Crippen LogP contribution in [0.5, 0.6) is 0 Å². The van der Waals surface area contributed by atoms with Gasteiger partial charge in [0.2, 0.25) is 29.0 Å². The van der Waals surface area contributed by atoms with Gasteiger partial charge in [-0.3, -0.25) is 19.2 Å². The number of hydrogen-bond donors (Lipinski definition) is 0. The number of amides is 2. The maximum absolute atomic E-state index is 13.8. The number of nitrogens with zero attached hydrogens (tertiary/aromatic N) is 1. The molecule has 1 spiro atoms. The standard InChI is InChI=1S/C26H16ClNO5/c27-15-9-6-10-16(13-15)28-24(31)19-20(25(28)32)26(33-21(19)14-7-2-1-3-8-14)22(29)17-11-4-5-12-18(17)23(26)30/h1-13,19-21H/t19-,20-,21+/m1/s1. The van der Waals surface area contributed by atoms with Crippen molar-refractivity contribution in [3.05, 3.63) is 101 Å². The number of ether oxygens (including phenoxy) is 1. The lowest BCUT2D eigenvalue weighted by Crippen LogP contribution is -2.51. The first-order chi connectivity index (χ1) is 15.9. The van der Waals surface area contributed by atoms with E-state index in [1.807, 2.05) is 6.07 Å². The molecule has 7 heteroatoms. The number of hydrogen-bond acceptors (Lipinski definition) is 5. The molecule has 33 heavy (non-hydrogen) atoms. The summed E-state index contributed by atoms with van der Waals surface area (Å²) in [5, 5.41) is 0.358. The van der Waals surface area contributed by atoms with Crippen molar-refractivity contribution in [2.75, 3.05) is 4.90 Å². The fourth-order valence-corrected chi connectivity index (χ4v) is 5.52. The number of anilines is 1. The quantitative estimate of drug-likeness (QED) is 0.428.